The van der Waals surface area contributed by atoms with Gasteiger partial charge in [-0.2, -0.15) is 0 Å². The number of rotatable bonds is 7. The Morgan fingerprint density at radius 2 is 1.95 bits per heavy atom. The molecule has 1 aromatic carbocycles. The zero-order chi connectivity index (χ0) is 26.3. The van der Waals surface area contributed by atoms with Gasteiger partial charge in [0.2, 0.25) is 5.91 Å². The number of ether oxygens (including phenoxy) is 2. The summed E-state index contributed by atoms with van der Waals surface area (Å²) in [4.78, 5) is 28.3. The highest BCUT2D eigenvalue weighted by Gasteiger charge is 2.32. The van der Waals surface area contributed by atoms with Crippen LogP contribution in [-0.2, 0) is 29.0 Å². The van der Waals surface area contributed by atoms with E-state index in [1.54, 1.807) is 24.8 Å². The predicted molar refractivity (Wildman–Crippen MR) is 151 cm³/mol. The zero-order valence-electron chi connectivity index (χ0n) is 22.0. The van der Waals surface area contributed by atoms with Crippen LogP contribution < -0.4 is 10.1 Å². The van der Waals surface area contributed by atoms with Crippen LogP contribution >= 0.6 is 23.1 Å². The van der Waals surface area contributed by atoms with Gasteiger partial charge in [-0.3, -0.25) is 4.79 Å². The molecule has 3 aromatic heterocycles. The van der Waals surface area contributed by atoms with Crippen LogP contribution in [0.1, 0.15) is 51.4 Å². The number of fused-ring (bicyclic) bond motifs is 5. The summed E-state index contributed by atoms with van der Waals surface area (Å²) >= 11 is 3.07. The number of benzene rings is 1. The van der Waals surface area contributed by atoms with Crippen LogP contribution in [0.2, 0.25) is 0 Å². The van der Waals surface area contributed by atoms with E-state index >= 15 is 0 Å². The molecule has 9 heteroatoms. The second kappa shape index (κ2) is 10.2. The smallest absolute Gasteiger partial charge is 0.237 e. The van der Waals surface area contributed by atoms with Crippen LogP contribution in [0.25, 0.3) is 20.4 Å². The second-order valence-corrected chi connectivity index (χ2v) is 12.8. The number of hydrogen-bond donors (Lipinski definition) is 1. The summed E-state index contributed by atoms with van der Waals surface area (Å²) in [5.41, 5.74) is 5.02. The summed E-state index contributed by atoms with van der Waals surface area (Å²) in [7, 11) is 1.62. The first kappa shape index (κ1) is 25.9. The number of amides is 1. The Morgan fingerprint density at radius 3 is 2.65 bits per heavy atom. The molecule has 0 aliphatic carbocycles. The number of aromatic nitrogens is 3. The minimum absolute atomic E-state index is 0.0864. The van der Waals surface area contributed by atoms with Crippen molar-refractivity contribution in [2.45, 2.75) is 69.9 Å². The summed E-state index contributed by atoms with van der Waals surface area (Å²) in [5, 5.41) is 4.54. The highest BCUT2D eigenvalue weighted by molar-refractivity contribution is 8.00. The van der Waals surface area contributed by atoms with Gasteiger partial charge in [0.1, 0.15) is 21.9 Å². The molecule has 0 saturated carbocycles. The third-order valence-corrected chi connectivity index (χ3v) is 8.81. The molecule has 4 aromatic rings. The molecule has 37 heavy (non-hydrogen) atoms. The van der Waals surface area contributed by atoms with Crippen molar-refractivity contribution >= 4 is 55.1 Å². The summed E-state index contributed by atoms with van der Waals surface area (Å²) < 4.78 is 12.4. The standard InChI is InChI=1S/C28H32N4O3S2/c1-15(2)11-21-20-13-35-28(4,5)12-19(20)22-23-24(37-26(22)32-21)27(30-14-29-23)36-16(3)25(33)31-17-7-9-18(34-6)10-8-17/h7-10,14-16H,11-13H2,1-6H3,(H,31,33)/t16-/m0/s1. The van der Waals surface area contributed by atoms with E-state index in [0.717, 1.165) is 55.4 Å². The molecule has 0 saturated heterocycles. The van der Waals surface area contributed by atoms with Gasteiger partial charge in [-0.1, -0.05) is 25.6 Å². The van der Waals surface area contributed by atoms with Crippen molar-refractivity contribution < 1.29 is 14.3 Å². The summed E-state index contributed by atoms with van der Waals surface area (Å²) in [6, 6.07) is 7.31. The average Bonchev–Trinajstić information content (AvgIpc) is 3.23. The fourth-order valence-electron chi connectivity index (χ4n) is 4.63. The molecule has 1 aliphatic heterocycles. The number of hydrogen-bond acceptors (Lipinski definition) is 8. The minimum Gasteiger partial charge on any atom is -0.497 e. The maximum atomic E-state index is 13.0. The van der Waals surface area contributed by atoms with Crippen molar-refractivity contribution in [2.24, 2.45) is 5.92 Å². The van der Waals surface area contributed by atoms with Gasteiger partial charge in [-0.15, -0.1) is 11.3 Å². The van der Waals surface area contributed by atoms with Crippen molar-refractivity contribution in [2.75, 3.05) is 12.4 Å². The molecule has 0 bridgehead atoms. The Kier molecular flexibility index (Phi) is 7.13. The van der Waals surface area contributed by atoms with Crippen LogP contribution in [0.4, 0.5) is 5.69 Å². The van der Waals surface area contributed by atoms with Crippen LogP contribution in [-0.4, -0.2) is 38.8 Å². The normalized spacial score (nSPS) is 15.6. The Morgan fingerprint density at radius 1 is 1.19 bits per heavy atom. The fourth-order valence-corrected chi connectivity index (χ4v) is 6.78. The molecule has 7 nitrogen and oxygen atoms in total. The SMILES string of the molecule is COc1ccc(NC(=O)[C@H](C)Sc2ncnc3c2sc2nc(CC(C)C)c4c(c23)CC(C)(C)OC4)cc1. The highest BCUT2D eigenvalue weighted by atomic mass is 32.2. The van der Waals surface area contributed by atoms with Crippen LogP contribution in [0.5, 0.6) is 5.75 Å². The lowest BCUT2D eigenvalue weighted by molar-refractivity contribution is -0.115. The quantitative estimate of drug-likeness (QED) is 0.215. The van der Waals surface area contributed by atoms with Gasteiger partial charge in [0.15, 0.2) is 0 Å². The largest absolute Gasteiger partial charge is 0.497 e. The number of carbonyl (C=O) groups is 1. The molecular formula is C28H32N4O3S2. The predicted octanol–water partition coefficient (Wildman–Crippen LogP) is 6.42. The van der Waals surface area contributed by atoms with Gasteiger partial charge in [0.05, 0.1) is 34.8 Å². The van der Waals surface area contributed by atoms with E-state index in [1.807, 2.05) is 31.2 Å². The second-order valence-electron chi connectivity index (χ2n) is 10.5. The van der Waals surface area contributed by atoms with Gasteiger partial charge < -0.3 is 14.8 Å². The van der Waals surface area contributed by atoms with E-state index in [9.17, 15) is 4.79 Å². The van der Waals surface area contributed by atoms with Crippen molar-refractivity contribution in [3.05, 3.63) is 47.4 Å². The monoisotopic (exact) mass is 536 g/mol. The van der Waals surface area contributed by atoms with E-state index in [0.29, 0.717) is 12.5 Å². The number of pyridine rings is 1. The van der Waals surface area contributed by atoms with Gasteiger partial charge in [0.25, 0.3) is 0 Å². The minimum atomic E-state index is -0.351. The lowest BCUT2D eigenvalue weighted by Crippen LogP contribution is -2.33. The summed E-state index contributed by atoms with van der Waals surface area (Å²) in [5.74, 6) is 1.15. The molecule has 1 aliphatic rings. The molecule has 1 amide bonds. The molecular weight excluding hydrogens is 504 g/mol. The third-order valence-electron chi connectivity index (χ3n) is 6.50. The molecule has 0 radical (unpaired) electrons. The fraction of sp³-hybridized carbons (Fsp3) is 0.429. The third kappa shape index (κ3) is 5.30. The van der Waals surface area contributed by atoms with Crippen LogP contribution in [0.3, 0.4) is 0 Å². The first-order valence-electron chi connectivity index (χ1n) is 12.5. The molecule has 1 N–H and O–H groups in total. The molecule has 0 spiro atoms. The topological polar surface area (TPSA) is 86.2 Å². The molecule has 5 rings (SSSR count). The van der Waals surface area contributed by atoms with E-state index in [1.165, 1.54) is 22.9 Å². The molecule has 0 unspecified atom stereocenters. The molecule has 1 atom stereocenters. The van der Waals surface area contributed by atoms with E-state index in [4.69, 9.17) is 19.4 Å². The van der Waals surface area contributed by atoms with Gasteiger partial charge in [0, 0.05) is 28.8 Å². The maximum absolute atomic E-state index is 13.0. The highest BCUT2D eigenvalue weighted by Crippen LogP contribution is 2.43. The van der Waals surface area contributed by atoms with Gasteiger partial charge in [-0.05, 0) is 62.9 Å². The van der Waals surface area contributed by atoms with E-state index in [2.05, 4.69) is 38.0 Å². The number of thioether (sulfide) groups is 1. The first-order chi connectivity index (χ1) is 17.6. The number of methoxy groups -OCH3 is 1. The Hall–Kier alpha value is -2.75. The zero-order valence-corrected chi connectivity index (χ0v) is 23.7. The van der Waals surface area contributed by atoms with Gasteiger partial charge in [-0.25, -0.2) is 15.0 Å². The van der Waals surface area contributed by atoms with E-state index < -0.39 is 0 Å². The van der Waals surface area contributed by atoms with Crippen molar-refractivity contribution in [3.63, 3.8) is 0 Å². The van der Waals surface area contributed by atoms with Crippen molar-refractivity contribution in [1.29, 1.82) is 0 Å². The molecule has 194 valence electrons. The van der Waals surface area contributed by atoms with Gasteiger partial charge >= 0.3 is 0 Å². The number of nitrogens with zero attached hydrogens (tertiary/aromatic N) is 3. The van der Waals surface area contributed by atoms with Crippen LogP contribution in [0, 0.1) is 5.92 Å². The van der Waals surface area contributed by atoms with E-state index in [-0.39, 0.29) is 16.8 Å². The summed E-state index contributed by atoms with van der Waals surface area (Å²) in [6.45, 7) is 11.2. The average molecular weight is 537 g/mol. The Labute approximate surface area is 225 Å². The first-order valence-corrected chi connectivity index (χ1v) is 14.2. The maximum Gasteiger partial charge on any atom is 0.237 e. The van der Waals surface area contributed by atoms with Crippen molar-refractivity contribution in [3.8, 4) is 5.75 Å². The Bertz CT molecular complexity index is 1460. The molecule has 4 heterocycles. The van der Waals surface area contributed by atoms with Crippen LogP contribution in [0.15, 0.2) is 35.6 Å². The molecule has 0 fully saturated rings. The summed E-state index contributed by atoms with van der Waals surface area (Å²) in [6.07, 6.45) is 3.32. The Balaban J connectivity index is 1.50. The number of thiophene rings is 1. The number of carbonyl (C=O) groups excluding carboxylic acids is 1. The number of nitrogens with one attached hydrogen (secondary N) is 1. The lowest BCUT2D eigenvalue weighted by atomic mass is 9.88. The number of anilines is 1. The lowest BCUT2D eigenvalue weighted by Gasteiger charge is -2.33. The van der Waals surface area contributed by atoms with Crippen molar-refractivity contribution in [1.82, 2.24) is 15.0 Å².